The van der Waals surface area contributed by atoms with Crippen molar-refractivity contribution in [2.75, 3.05) is 26.2 Å². The normalized spacial score (nSPS) is 17.4. The summed E-state index contributed by atoms with van der Waals surface area (Å²) < 4.78 is 64.4. The first-order valence-electron chi connectivity index (χ1n) is 6.09. The molecule has 5 nitrogen and oxygen atoms in total. The minimum Gasteiger partial charge on any atom is -0.314 e. The molecule has 0 saturated carbocycles. The number of halogens is 3. The lowest BCUT2D eigenvalue weighted by atomic mass is 10.1. The van der Waals surface area contributed by atoms with Gasteiger partial charge in [-0.2, -0.15) is 22.7 Å². The molecule has 114 valence electrons. The Bertz CT molecular complexity index is 674. The topological polar surface area (TPSA) is 73.2 Å². The zero-order valence-electron chi connectivity index (χ0n) is 10.8. The van der Waals surface area contributed by atoms with Crippen molar-refractivity contribution >= 4 is 10.0 Å². The molecule has 1 aliphatic heterocycles. The Labute approximate surface area is 120 Å². The fourth-order valence-electron chi connectivity index (χ4n) is 2.05. The van der Waals surface area contributed by atoms with Gasteiger partial charge in [-0.25, -0.2) is 8.42 Å². The van der Waals surface area contributed by atoms with Gasteiger partial charge in [-0.1, -0.05) is 0 Å². The number of benzene rings is 1. The van der Waals surface area contributed by atoms with Crippen LogP contribution in [0.15, 0.2) is 23.1 Å². The van der Waals surface area contributed by atoms with Crippen molar-refractivity contribution in [1.82, 2.24) is 9.62 Å². The molecule has 1 saturated heterocycles. The van der Waals surface area contributed by atoms with Crippen LogP contribution in [-0.4, -0.2) is 38.9 Å². The third-order valence-electron chi connectivity index (χ3n) is 3.13. The number of hydrogen-bond donors (Lipinski definition) is 1. The van der Waals surface area contributed by atoms with Crippen LogP contribution in [0.4, 0.5) is 13.2 Å². The largest absolute Gasteiger partial charge is 0.417 e. The van der Waals surface area contributed by atoms with Crippen molar-refractivity contribution in [1.29, 1.82) is 5.26 Å². The number of sulfonamides is 1. The average Bonchev–Trinajstić information content (AvgIpc) is 2.46. The van der Waals surface area contributed by atoms with Gasteiger partial charge in [0.05, 0.1) is 22.1 Å². The zero-order chi connectivity index (χ0) is 15.7. The number of nitrogens with zero attached hydrogens (tertiary/aromatic N) is 2. The molecule has 9 heteroatoms. The fourth-order valence-corrected chi connectivity index (χ4v) is 3.52. The first-order valence-corrected chi connectivity index (χ1v) is 7.53. The van der Waals surface area contributed by atoms with E-state index in [0.717, 1.165) is 16.4 Å². The maximum Gasteiger partial charge on any atom is 0.417 e. The van der Waals surface area contributed by atoms with Crippen LogP contribution < -0.4 is 5.32 Å². The van der Waals surface area contributed by atoms with E-state index in [2.05, 4.69) is 5.32 Å². The molecule has 21 heavy (non-hydrogen) atoms. The molecule has 0 aromatic heterocycles. The van der Waals surface area contributed by atoms with Gasteiger partial charge in [0.25, 0.3) is 0 Å². The third kappa shape index (κ3) is 3.18. The van der Waals surface area contributed by atoms with Gasteiger partial charge in [0.15, 0.2) is 0 Å². The Morgan fingerprint density at radius 3 is 2.38 bits per heavy atom. The Balaban J connectivity index is 2.47. The van der Waals surface area contributed by atoms with Crippen LogP contribution in [0, 0.1) is 11.3 Å². The van der Waals surface area contributed by atoms with Gasteiger partial charge < -0.3 is 5.32 Å². The molecule has 1 aliphatic rings. The number of hydrogen-bond acceptors (Lipinski definition) is 4. The van der Waals surface area contributed by atoms with Gasteiger partial charge in [0, 0.05) is 26.2 Å². The summed E-state index contributed by atoms with van der Waals surface area (Å²) in [6, 6.07) is 3.87. The Kier molecular flexibility index (Phi) is 4.22. The number of piperazine rings is 1. The molecule has 1 heterocycles. The molecular formula is C12H12F3N3O2S. The molecule has 1 aromatic carbocycles. The minimum atomic E-state index is -4.78. The van der Waals surface area contributed by atoms with Crippen LogP contribution in [0.1, 0.15) is 11.1 Å². The lowest BCUT2D eigenvalue weighted by molar-refractivity contribution is -0.137. The van der Waals surface area contributed by atoms with E-state index in [-0.39, 0.29) is 13.1 Å². The van der Waals surface area contributed by atoms with Crippen molar-refractivity contribution in [3.8, 4) is 6.07 Å². The molecule has 1 aromatic rings. The van der Waals surface area contributed by atoms with E-state index in [0.29, 0.717) is 19.2 Å². The first-order chi connectivity index (χ1) is 9.76. The van der Waals surface area contributed by atoms with E-state index < -0.39 is 32.2 Å². The molecule has 0 atom stereocenters. The Morgan fingerprint density at radius 2 is 1.86 bits per heavy atom. The van der Waals surface area contributed by atoms with E-state index in [1.807, 2.05) is 0 Å². The number of nitriles is 1. The first kappa shape index (κ1) is 15.8. The second-order valence-corrected chi connectivity index (χ2v) is 6.41. The third-order valence-corrected chi connectivity index (χ3v) is 5.03. The van der Waals surface area contributed by atoms with Crippen LogP contribution in [0.3, 0.4) is 0 Å². The van der Waals surface area contributed by atoms with Crippen molar-refractivity contribution < 1.29 is 21.6 Å². The molecule has 0 spiro atoms. The van der Waals surface area contributed by atoms with Crippen molar-refractivity contribution in [2.45, 2.75) is 11.1 Å². The van der Waals surface area contributed by atoms with Crippen LogP contribution in [-0.2, 0) is 16.2 Å². The zero-order valence-corrected chi connectivity index (χ0v) is 11.6. The maximum absolute atomic E-state index is 12.9. The van der Waals surface area contributed by atoms with Crippen LogP contribution in [0.2, 0.25) is 0 Å². The molecular weight excluding hydrogens is 307 g/mol. The number of alkyl halides is 3. The molecule has 1 N–H and O–H groups in total. The monoisotopic (exact) mass is 319 g/mol. The van der Waals surface area contributed by atoms with Crippen LogP contribution in [0.5, 0.6) is 0 Å². The number of rotatable bonds is 2. The second-order valence-electron chi connectivity index (χ2n) is 4.47. The number of nitrogens with one attached hydrogen (secondary N) is 1. The minimum absolute atomic E-state index is 0.198. The van der Waals surface area contributed by atoms with Crippen molar-refractivity contribution in [2.24, 2.45) is 0 Å². The van der Waals surface area contributed by atoms with Gasteiger partial charge in [-0.3, -0.25) is 0 Å². The highest BCUT2D eigenvalue weighted by atomic mass is 32.2. The van der Waals surface area contributed by atoms with E-state index >= 15 is 0 Å². The van der Waals surface area contributed by atoms with Crippen LogP contribution in [0.25, 0.3) is 0 Å². The van der Waals surface area contributed by atoms with Gasteiger partial charge in [-0.05, 0) is 18.2 Å². The van der Waals surface area contributed by atoms with Gasteiger partial charge in [-0.15, -0.1) is 0 Å². The molecule has 0 radical (unpaired) electrons. The van der Waals surface area contributed by atoms with Gasteiger partial charge in [0.1, 0.15) is 0 Å². The van der Waals surface area contributed by atoms with Gasteiger partial charge >= 0.3 is 6.18 Å². The summed E-state index contributed by atoms with van der Waals surface area (Å²) in [4.78, 5) is -0.448. The summed E-state index contributed by atoms with van der Waals surface area (Å²) in [5.74, 6) is 0. The van der Waals surface area contributed by atoms with Crippen molar-refractivity contribution in [3.05, 3.63) is 29.3 Å². The average molecular weight is 319 g/mol. The summed E-state index contributed by atoms with van der Waals surface area (Å²) in [7, 11) is -3.99. The summed E-state index contributed by atoms with van der Waals surface area (Å²) in [6.07, 6.45) is -4.78. The lowest BCUT2D eigenvalue weighted by Crippen LogP contribution is -2.46. The lowest BCUT2D eigenvalue weighted by Gasteiger charge is -2.26. The van der Waals surface area contributed by atoms with E-state index in [9.17, 15) is 21.6 Å². The molecule has 0 amide bonds. The highest BCUT2D eigenvalue weighted by Gasteiger charge is 2.36. The SMILES string of the molecule is N#Cc1ccc(S(=O)(=O)N2CCNCC2)cc1C(F)(F)F. The molecule has 1 fully saturated rings. The molecule has 0 unspecified atom stereocenters. The Hall–Kier alpha value is -1.63. The standard InChI is InChI=1S/C12H12F3N3O2S/c13-12(14,15)11-7-10(2-1-9(11)8-16)21(19,20)18-5-3-17-4-6-18/h1-2,7,17H,3-6H2. The summed E-state index contributed by atoms with van der Waals surface area (Å²) in [5.41, 5.74) is -1.83. The van der Waals surface area contributed by atoms with E-state index in [4.69, 9.17) is 5.26 Å². The van der Waals surface area contributed by atoms with Gasteiger partial charge in [0.2, 0.25) is 10.0 Å². The molecule has 2 rings (SSSR count). The summed E-state index contributed by atoms with van der Waals surface area (Å²) in [6.45, 7) is 1.29. The highest BCUT2D eigenvalue weighted by molar-refractivity contribution is 7.89. The quantitative estimate of drug-likeness (QED) is 0.888. The fraction of sp³-hybridized carbons (Fsp3) is 0.417. The molecule has 0 bridgehead atoms. The Morgan fingerprint density at radius 1 is 1.24 bits per heavy atom. The van der Waals surface area contributed by atoms with E-state index in [1.165, 1.54) is 6.07 Å². The predicted octanol–water partition coefficient (Wildman–Crippen LogP) is 1.17. The predicted molar refractivity (Wildman–Crippen MR) is 67.8 cm³/mol. The smallest absolute Gasteiger partial charge is 0.314 e. The van der Waals surface area contributed by atoms with E-state index in [1.54, 1.807) is 0 Å². The van der Waals surface area contributed by atoms with Crippen molar-refractivity contribution in [3.63, 3.8) is 0 Å². The second kappa shape index (κ2) is 5.63. The van der Waals surface area contributed by atoms with Crippen LogP contribution >= 0.6 is 0 Å². The summed E-state index contributed by atoms with van der Waals surface area (Å²) in [5, 5.41) is 11.7. The summed E-state index contributed by atoms with van der Waals surface area (Å²) >= 11 is 0. The highest BCUT2D eigenvalue weighted by Crippen LogP contribution is 2.33. The molecule has 0 aliphatic carbocycles. The maximum atomic E-state index is 12.9.